The van der Waals surface area contributed by atoms with E-state index in [1.54, 1.807) is 55.4 Å². The standard InChI is InChI=1S/C7H8.4C3H7O.Zr/c1-7-5-3-2-4-6-7;4*1-3(2)4;/h2-6H,1H3;4*3H,1-2H3;/q;4*-1;+4. The van der Waals surface area contributed by atoms with E-state index in [0.29, 0.717) is 0 Å². The van der Waals surface area contributed by atoms with Gasteiger partial charge in [-0.05, 0) is 6.92 Å². The molecule has 0 heterocycles. The van der Waals surface area contributed by atoms with Crippen LogP contribution in [0.2, 0.25) is 0 Å². The molecule has 0 N–H and O–H groups in total. The van der Waals surface area contributed by atoms with Crippen LogP contribution < -0.4 is 20.4 Å². The Morgan fingerprint density at radius 3 is 0.792 bits per heavy atom. The van der Waals surface area contributed by atoms with E-state index >= 15 is 0 Å². The maximum Gasteiger partial charge on any atom is 4.00 e. The second-order valence-electron chi connectivity index (χ2n) is 5.85. The fourth-order valence-electron chi connectivity index (χ4n) is 0.534. The van der Waals surface area contributed by atoms with Crippen LogP contribution in [-0.4, -0.2) is 24.4 Å². The van der Waals surface area contributed by atoms with E-state index < -0.39 is 24.4 Å². The van der Waals surface area contributed by atoms with Crippen LogP contribution in [0.25, 0.3) is 0 Å². The van der Waals surface area contributed by atoms with Gasteiger partial charge in [-0.2, -0.15) is 0 Å². The van der Waals surface area contributed by atoms with Crippen LogP contribution in [0.4, 0.5) is 0 Å². The summed E-state index contributed by atoms with van der Waals surface area (Å²) >= 11 is 0. The Morgan fingerprint density at radius 2 is 0.708 bits per heavy atom. The van der Waals surface area contributed by atoms with Crippen molar-refractivity contribution in [3.63, 3.8) is 0 Å². The van der Waals surface area contributed by atoms with Crippen LogP contribution in [0.3, 0.4) is 0 Å². The Bertz CT molecular complexity index is 254. The van der Waals surface area contributed by atoms with Gasteiger partial charge in [0, 0.05) is 0 Å². The minimum absolute atomic E-state index is 0. The third kappa shape index (κ3) is 153. The number of hydrogen-bond donors (Lipinski definition) is 0. The van der Waals surface area contributed by atoms with Gasteiger partial charge in [-0.1, -0.05) is 91.3 Å². The molecular formula is C19H36O4Zr. The Kier molecular flexibility index (Phi) is 40.6. The van der Waals surface area contributed by atoms with E-state index in [-0.39, 0.29) is 26.2 Å². The van der Waals surface area contributed by atoms with E-state index in [9.17, 15) is 20.4 Å². The second-order valence-corrected chi connectivity index (χ2v) is 5.85. The van der Waals surface area contributed by atoms with Gasteiger partial charge in [0.2, 0.25) is 0 Å². The van der Waals surface area contributed by atoms with Crippen molar-refractivity contribution in [3.8, 4) is 0 Å². The summed E-state index contributed by atoms with van der Waals surface area (Å²) in [5.41, 5.74) is 1.32. The van der Waals surface area contributed by atoms with Gasteiger partial charge in [0.1, 0.15) is 0 Å². The maximum absolute atomic E-state index is 9.53. The molecule has 1 rings (SSSR count). The smallest absolute Gasteiger partial charge is 0.852 e. The predicted molar refractivity (Wildman–Crippen MR) is 91.7 cm³/mol. The summed E-state index contributed by atoms with van der Waals surface area (Å²) < 4.78 is 0. The minimum Gasteiger partial charge on any atom is -0.852 e. The average Bonchev–Trinajstić information content (AvgIpc) is 2.26. The van der Waals surface area contributed by atoms with Crippen molar-refractivity contribution in [3.05, 3.63) is 35.9 Å². The number of hydrogen-bond acceptors (Lipinski definition) is 4. The molecule has 0 radical (unpaired) electrons. The first-order chi connectivity index (χ1) is 10.3. The van der Waals surface area contributed by atoms with Crippen molar-refractivity contribution >= 4 is 0 Å². The van der Waals surface area contributed by atoms with E-state index in [1.165, 1.54) is 5.56 Å². The van der Waals surface area contributed by atoms with E-state index in [0.717, 1.165) is 0 Å². The topological polar surface area (TPSA) is 92.2 Å². The first kappa shape index (κ1) is 35.1. The van der Waals surface area contributed by atoms with Gasteiger partial charge in [-0.3, -0.25) is 0 Å². The van der Waals surface area contributed by atoms with E-state index in [4.69, 9.17) is 0 Å². The van der Waals surface area contributed by atoms with Crippen molar-refractivity contribution in [1.29, 1.82) is 0 Å². The fraction of sp³-hybridized carbons (Fsp3) is 0.684. The molecule has 4 nitrogen and oxygen atoms in total. The van der Waals surface area contributed by atoms with Crippen molar-refractivity contribution in [2.24, 2.45) is 0 Å². The molecule has 1 aromatic rings. The van der Waals surface area contributed by atoms with Crippen molar-refractivity contribution in [1.82, 2.24) is 0 Å². The molecule has 0 amide bonds. The Labute approximate surface area is 169 Å². The Balaban J connectivity index is -0.0000000641. The summed E-state index contributed by atoms with van der Waals surface area (Å²) in [5.74, 6) is 0. The molecule has 0 aliphatic carbocycles. The molecule has 0 unspecified atom stereocenters. The molecule has 0 bridgehead atoms. The summed E-state index contributed by atoms with van der Waals surface area (Å²) in [6, 6.07) is 10.3. The number of rotatable bonds is 0. The van der Waals surface area contributed by atoms with Gasteiger partial charge >= 0.3 is 26.2 Å². The molecule has 0 aromatic heterocycles. The molecule has 140 valence electrons. The van der Waals surface area contributed by atoms with Crippen molar-refractivity contribution in [2.75, 3.05) is 0 Å². The third-order valence-corrected chi connectivity index (χ3v) is 0.940. The SMILES string of the molecule is CC(C)[O-].CC(C)[O-].CC(C)[O-].CC(C)[O-].Cc1ccccc1.[Zr+4]. The molecule has 0 aliphatic rings. The Hall–Kier alpha value is -0.0569. The zero-order valence-corrected chi connectivity index (χ0v) is 19.3. The zero-order valence-electron chi connectivity index (χ0n) is 16.8. The van der Waals surface area contributed by atoms with Crippen molar-refractivity contribution in [2.45, 2.75) is 86.7 Å². The van der Waals surface area contributed by atoms with Crippen molar-refractivity contribution < 1.29 is 46.6 Å². The fourth-order valence-corrected chi connectivity index (χ4v) is 0.534. The van der Waals surface area contributed by atoms with Gasteiger partial charge in [-0.15, -0.1) is 24.4 Å². The first-order valence-corrected chi connectivity index (χ1v) is 7.97. The maximum atomic E-state index is 9.53. The average molecular weight is 420 g/mol. The summed E-state index contributed by atoms with van der Waals surface area (Å²) in [7, 11) is 0. The third-order valence-electron chi connectivity index (χ3n) is 0.940. The number of aryl methyl sites for hydroxylation is 1. The van der Waals surface area contributed by atoms with Gasteiger partial charge < -0.3 is 20.4 Å². The predicted octanol–water partition coefficient (Wildman–Crippen LogP) is 1.01. The second kappa shape index (κ2) is 27.8. The van der Waals surface area contributed by atoms with Crippen LogP contribution in [0.1, 0.15) is 61.0 Å². The van der Waals surface area contributed by atoms with Crippen LogP contribution >= 0.6 is 0 Å². The van der Waals surface area contributed by atoms with Gasteiger partial charge in [-0.25, -0.2) is 0 Å². The van der Waals surface area contributed by atoms with Crippen LogP contribution in [-0.2, 0) is 26.2 Å². The Morgan fingerprint density at radius 1 is 0.542 bits per heavy atom. The monoisotopic (exact) mass is 418 g/mol. The molecule has 5 heteroatoms. The van der Waals surface area contributed by atoms with Crippen LogP contribution in [0.15, 0.2) is 30.3 Å². The van der Waals surface area contributed by atoms with Gasteiger partial charge in [0.25, 0.3) is 0 Å². The molecule has 0 aliphatic heterocycles. The molecule has 0 atom stereocenters. The molecule has 0 saturated carbocycles. The van der Waals surface area contributed by atoms with Crippen LogP contribution in [0, 0.1) is 6.92 Å². The minimum atomic E-state index is -0.417. The molecular weight excluding hydrogens is 383 g/mol. The largest absolute Gasteiger partial charge is 4.00 e. The molecule has 1 aromatic carbocycles. The van der Waals surface area contributed by atoms with E-state index in [2.05, 4.69) is 19.1 Å². The van der Waals surface area contributed by atoms with Crippen LogP contribution in [0.5, 0.6) is 0 Å². The quantitative estimate of drug-likeness (QED) is 0.627. The van der Waals surface area contributed by atoms with Gasteiger partial charge in [0.05, 0.1) is 0 Å². The van der Waals surface area contributed by atoms with Gasteiger partial charge in [0.15, 0.2) is 0 Å². The normalized spacial score (nSPS) is 8.54. The van der Waals surface area contributed by atoms with E-state index in [1.807, 2.05) is 18.2 Å². The molecule has 0 saturated heterocycles. The summed E-state index contributed by atoms with van der Waals surface area (Å²) in [4.78, 5) is 0. The molecule has 24 heavy (non-hydrogen) atoms. The molecule has 0 spiro atoms. The zero-order chi connectivity index (χ0) is 19.4. The first-order valence-electron chi connectivity index (χ1n) is 7.97. The summed E-state index contributed by atoms with van der Waals surface area (Å²) in [6.07, 6.45) is -1.67. The molecule has 0 fully saturated rings. The summed E-state index contributed by atoms with van der Waals surface area (Å²) in [6.45, 7) is 15.0. The summed E-state index contributed by atoms with van der Waals surface area (Å²) in [5, 5.41) is 38.1. The number of benzene rings is 1.